The fraction of sp³-hybridized carbons (Fsp3) is 0.520. The minimum absolute atomic E-state index is 0.0248. The number of rotatable bonds is 5. The first-order valence-electron chi connectivity index (χ1n) is 12.2. The van der Waals surface area contributed by atoms with Gasteiger partial charge in [0.15, 0.2) is 5.82 Å². The van der Waals surface area contributed by atoms with Crippen LogP contribution in [0.2, 0.25) is 0 Å². The summed E-state index contributed by atoms with van der Waals surface area (Å²) >= 11 is 0. The molecular weight excluding hydrogens is 457 g/mol. The Morgan fingerprint density at radius 3 is 2.63 bits per heavy atom. The summed E-state index contributed by atoms with van der Waals surface area (Å²) in [5.74, 6) is 0.812. The maximum Gasteiger partial charge on any atom is 0.392 e. The minimum Gasteiger partial charge on any atom is -0.347 e. The number of hydrogen-bond donors (Lipinski definition) is 1. The van der Waals surface area contributed by atoms with Crippen LogP contribution in [0.4, 0.5) is 13.2 Å². The van der Waals surface area contributed by atoms with E-state index in [4.69, 9.17) is 4.98 Å². The molecule has 0 bridgehead atoms. The second kappa shape index (κ2) is 9.13. The monoisotopic (exact) mass is 486 g/mol. The van der Waals surface area contributed by atoms with E-state index in [1.807, 2.05) is 31.2 Å². The van der Waals surface area contributed by atoms with Crippen molar-refractivity contribution in [1.29, 1.82) is 0 Å². The molecule has 5 rings (SSSR count). The Morgan fingerprint density at radius 1 is 1.14 bits per heavy atom. The molecule has 0 fully saturated rings. The highest BCUT2D eigenvalue weighted by Crippen LogP contribution is 2.35. The van der Waals surface area contributed by atoms with Crippen LogP contribution in [0, 0.1) is 11.8 Å². The molecule has 1 amide bonds. The van der Waals surface area contributed by atoms with E-state index in [1.54, 1.807) is 4.68 Å². The molecule has 1 N–H and O–H groups in total. The number of hydrogen-bond acceptors (Lipinski definition) is 4. The van der Waals surface area contributed by atoms with Gasteiger partial charge in [-0.2, -0.15) is 18.3 Å². The lowest BCUT2D eigenvalue weighted by atomic mass is 9.98. The number of nitrogens with zero attached hydrogens (tertiary/aromatic N) is 5. The molecule has 3 aromatic rings. The number of nitrogens with one attached hydrogen (secondary N) is 1. The normalized spacial score (nSPS) is 19.8. The van der Waals surface area contributed by atoms with Crippen LogP contribution >= 0.6 is 0 Å². The van der Waals surface area contributed by atoms with Gasteiger partial charge in [-0.25, -0.2) is 14.6 Å². The molecule has 0 saturated heterocycles. The molecule has 2 atom stereocenters. The first kappa shape index (κ1) is 23.6. The molecule has 2 aliphatic heterocycles. The highest BCUT2D eigenvalue weighted by molar-refractivity contribution is 5.94. The zero-order valence-electron chi connectivity index (χ0n) is 19.9. The summed E-state index contributed by atoms with van der Waals surface area (Å²) in [5.41, 5.74) is 3.14. The SMILES string of the molecule is CCc1nc2n(c1C(=O)NCc1ccc(-c3nc4n(n3)CC[C@H](C(F)(F)F)C4)cc1)C[C@@H](C)CC2. The number of alkyl halides is 3. The average molecular weight is 487 g/mol. The fourth-order valence-corrected chi connectivity index (χ4v) is 4.96. The van der Waals surface area contributed by atoms with Crippen molar-refractivity contribution < 1.29 is 18.0 Å². The molecule has 35 heavy (non-hydrogen) atoms. The van der Waals surface area contributed by atoms with Gasteiger partial charge in [0.1, 0.15) is 17.3 Å². The lowest BCUT2D eigenvalue weighted by Gasteiger charge is -2.24. The Balaban J connectivity index is 1.26. The van der Waals surface area contributed by atoms with E-state index in [1.165, 1.54) is 0 Å². The summed E-state index contributed by atoms with van der Waals surface area (Å²) in [5, 5.41) is 7.42. The van der Waals surface area contributed by atoms with Crippen LogP contribution in [0.3, 0.4) is 0 Å². The molecule has 4 heterocycles. The largest absolute Gasteiger partial charge is 0.392 e. The van der Waals surface area contributed by atoms with Gasteiger partial charge in [0, 0.05) is 38.0 Å². The lowest BCUT2D eigenvalue weighted by Crippen LogP contribution is -2.31. The van der Waals surface area contributed by atoms with E-state index >= 15 is 0 Å². The predicted molar refractivity (Wildman–Crippen MR) is 124 cm³/mol. The summed E-state index contributed by atoms with van der Waals surface area (Å²) < 4.78 is 42.9. The molecule has 0 spiro atoms. The highest BCUT2D eigenvalue weighted by Gasteiger charge is 2.42. The molecular formula is C25H29F3N6O. The van der Waals surface area contributed by atoms with Crippen LogP contribution in [0.5, 0.6) is 0 Å². The molecule has 0 unspecified atom stereocenters. The number of amides is 1. The van der Waals surface area contributed by atoms with Crippen LogP contribution in [-0.4, -0.2) is 36.4 Å². The zero-order valence-corrected chi connectivity index (χ0v) is 19.9. The summed E-state index contributed by atoms with van der Waals surface area (Å²) in [6.07, 6.45) is -1.64. The number of imidazole rings is 1. The number of halogens is 3. The predicted octanol–water partition coefficient (Wildman–Crippen LogP) is 4.34. The molecule has 0 radical (unpaired) electrons. The molecule has 7 nitrogen and oxygen atoms in total. The second-order valence-corrected chi connectivity index (χ2v) is 9.62. The number of benzene rings is 1. The second-order valence-electron chi connectivity index (χ2n) is 9.62. The molecule has 10 heteroatoms. The van der Waals surface area contributed by atoms with E-state index in [0.717, 1.165) is 42.0 Å². The van der Waals surface area contributed by atoms with Crippen molar-refractivity contribution in [3.63, 3.8) is 0 Å². The maximum atomic E-state index is 13.1. The van der Waals surface area contributed by atoms with E-state index in [0.29, 0.717) is 36.2 Å². The molecule has 186 valence electrons. The Labute approximate surface area is 201 Å². The highest BCUT2D eigenvalue weighted by atomic mass is 19.4. The third-order valence-electron chi connectivity index (χ3n) is 7.02. The fourth-order valence-electron chi connectivity index (χ4n) is 4.96. The first-order valence-corrected chi connectivity index (χ1v) is 12.2. The lowest BCUT2D eigenvalue weighted by molar-refractivity contribution is -0.179. The molecule has 2 aromatic heterocycles. The number of aromatic nitrogens is 5. The van der Waals surface area contributed by atoms with Crippen LogP contribution in [0.15, 0.2) is 24.3 Å². The van der Waals surface area contributed by atoms with Gasteiger partial charge in [-0.15, -0.1) is 0 Å². The van der Waals surface area contributed by atoms with Crippen LogP contribution in [0.25, 0.3) is 11.4 Å². The Morgan fingerprint density at radius 2 is 1.91 bits per heavy atom. The van der Waals surface area contributed by atoms with Crippen LogP contribution < -0.4 is 5.32 Å². The Bertz CT molecular complexity index is 1230. The van der Waals surface area contributed by atoms with Crippen molar-refractivity contribution in [1.82, 2.24) is 29.6 Å². The molecule has 2 aliphatic rings. The van der Waals surface area contributed by atoms with Crippen molar-refractivity contribution in [2.24, 2.45) is 11.8 Å². The third-order valence-corrected chi connectivity index (χ3v) is 7.02. The van der Waals surface area contributed by atoms with E-state index < -0.39 is 12.1 Å². The summed E-state index contributed by atoms with van der Waals surface area (Å²) in [6, 6.07) is 7.43. The smallest absolute Gasteiger partial charge is 0.347 e. The number of aryl methyl sites for hydroxylation is 3. The van der Waals surface area contributed by atoms with Gasteiger partial charge >= 0.3 is 6.18 Å². The van der Waals surface area contributed by atoms with Crippen molar-refractivity contribution in [3.8, 4) is 11.4 Å². The maximum absolute atomic E-state index is 13.1. The zero-order chi connectivity index (χ0) is 24.7. The number of carbonyl (C=O) groups excluding carboxylic acids is 1. The van der Waals surface area contributed by atoms with Crippen molar-refractivity contribution >= 4 is 5.91 Å². The third kappa shape index (κ3) is 4.70. The molecule has 0 aliphatic carbocycles. The van der Waals surface area contributed by atoms with Crippen LogP contribution in [0.1, 0.15) is 60.1 Å². The van der Waals surface area contributed by atoms with Crippen molar-refractivity contribution in [3.05, 3.63) is 52.9 Å². The van der Waals surface area contributed by atoms with Gasteiger partial charge in [-0.3, -0.25) is 4.79 Å². The van der Waals surface area contributed by atoms with Gasteiger partial charge in [0.2, 0.25) is 0 Å². The van der Waals surface area contributed by atoms with Gasteiger partial charge in [-0.1, -0.05) is 38.1 Å². The number of fused-ring (bicyclic) bond motifs is 2. The minimum atomic E-state index is -4.21. The van der Waals surface area contributed by atoms with Gasteiger partial charge < -0.3 is 9.88 Å². The standard InChI is InChI=1S/C25H29F3N6O/c1-3-19-22(33-14-15(2)4-9-20(33)30-19)24(35)29-13-16-5-7-17(8-6-16)23-31-21-12-18(25(26,27)28)10-11-34(21)32-23/h5-8,15,18H,3-4,9-14H2,1-2H3,(H,29,35)/t15-,18-/m0/s1. The average Bonchev–Trinajstić information content (AvgIpc) is 3.42. The van der Waals surface area contributed by atoms with Crippen molar-refractivity contribution in [2.45, 2.75) is 71.8 Å². The quantitative estimate of drug-likeness (QED) is 0.582. The first-order chi connectivity index (χ1) is 16.7. The van der Waals surface area contributed by atoms with E-state index in [-0.39, 0.29) is 25.3 Å². The van der Waals surface area contributed by atoms with E-state index in [9.17, 15) is 18.0 Å². The summed E-state index contributed by atoms with van der Waals surface area (Å²) in [6.45, 7) is 5.59. The van der Waals surface area contributed by atoms with Gasteiger partial charge in [0.25, 0.3) is 5.91 Å². The van der Waals surface area contributed by atoms with E-state index in [2.05, 4.69) is 26.9 Å². The van der Waals surface area contributed by atoms with Crippen molar-refractivity contribution in [2.75, 3.05) is 0 Å². The topological polar surface area (TPSA) is 77.6 Å². The van der Waals surface area contributed by atoms with Gasteiger partial charge in [-0.05, 0) is 30.7 Å². The molecule has 1 aromatic carbocycles. The molecule has 0 saturated carbocycles. The Kier molecular flexibility index (Phi) is 6.14. The summed E-state index contributed by atoms with van der Waals surface area (Å²) in [4.78, 5) is 22.1. The summed E-state index contributed by atoms with van der Waals surface area (Å²) in [7, 11) is 0. The van der Waals surface area contributed by atoms with Crippen LogP contribution in [-0.2, 0) is 38.9 Å². The number of carbonyl (C=O) groups is 1. The Hall–Kier alpha value is -3.17. The van der Waals surface area contributed by atoms with Gasteiger partial charge in [0.05, 0.1) is 11.6 Å².